The molecule has 0 aromatic heterocycles. The molecule has 8 nitrogen and oxygen atoms in total. The van der Waals surface area contributed by atoms with Gasteiger partial charge in [-0.15, -0.1) is 0 Å². The van der Waals surface area contributed by atoms with E-state index in [1.807, 2.05) is 13.8 Å². The second-order valence-corrected chi connectivity index (χ2v) is 9.12. The van der Waals surface area contributed by atoms with E-state index in [4.69, 9.17) is 0 Å². The van der Waals surface area contributed by atoms with Crippen molar-refractivity contribution in [1.82, 2.24) is 4.90 Å². The maximum atomic E-state index is 12.8. The van der Waals surface area contributed by atoms with Crippen LogP contribution in [0.15, 0.2) is 84.1 Å². The third kappa shape index (κ3) is 8.49. The van der Waals surface area contributed by atoms with Crippen LogP contribution in [0.4, 0.5) is 0 Å². The summed E-state index contributed by atoms with van der Waals surface area (Å²) in [6.45, 7) is 5.71. The summed E-state index contributed by atoms with van der Waals surface area (Å²) in [7, 11) is 0. The standard InChI is InChI=1S/C28H35NO7/c1-18-8-4-5-12-23(31)27(35)28(36)24(32)13-7-10-19(2)14-15-21(30)16-25(33)29-17-20(3)26(34)22(29)11-6-9-18/h4-15,20,22,24,26-28,32,34-36H,16-17H2,1-3H3/t20-,22-,24+,26+,27+,28-/m0/s1. The Morgan fingerprint density at radius 2 is 1.39 bits per heavy atom. The second-order valence-electron chi connectivity index (χ2n) is 9.12. The van der Waals surface area contributed by atoms with Crippen LogP contribution in [0.5, 0.6) is 0 Å². The van der Waals surface area contributed by atoms with E-state index in [1.165, 1.54) is 35.3 Å². The molecule has 36 heavy (non-hydrogen) atoms. The molecular weight excluding hydrogens is 462 g/mol. The van der Waals surface area contributed by atoms with E-state index < -0.39 is 42.0 Å². The first-order valence-corrected chi connectivity index (χ1v) is 11.8. The molecule has 0 aliphatic carbocycles. The zero-order valence-electron chi connectivity index (χ0n) is 20.8. The molecule has 1 saturated heterocycles. The molecule has 194 valence electrons. The van der Waals surface area contributed by atoms with Gasteiger partial charge in [0.2, 0.25) is 5.91 Å². The summed E-state index contributed by atoms with van der Waals surface area (Å²) < 4.78 is 0. The average Bonchev–Trinajstić information content (AvgIpc) is 3.12. The van der Waals surface area contributed by atoms with Crippen molar-refractivity contribution in [3.63, 3.8) is 0 Å². The van der Waals surface area contributed by atoms with Gasteiger partial charge in [0.15, 0.2) is 11.6 Å². The van der Waals surface area contributed by atoms with Crippen molar-refractivity contribution >= 4 is 17.5 Å². The van der Waals surface area contributed by atoms with Crippen LogP contribution in [0.1, 0.15) is 27.2 Å². The van der Waals surface area contributed by atoms with E-state index in [-0.39, 0.29) is 18.2 Å². The highest BCUT2D eigenvalue weighted by Gasteiger charge is 2.39. The van der Waals surface area contributed by atoms with Crippen LogP contribution in [0.3, 0.4) is 0 Å². The monoisotopic (exact) mass is 497 g/mol. The number of carbonyl (C=O) groups is 3. The number of amides is 1. The number of nitrogens with zero attached hydrogens (tertiary/aromatic N) is 1. The summed E-state index contributed by atoms with van der Waals surface area (Å²) in [6.07, 6.45) is 11.9. The Balaban J connectivity index is 2.33. The van der Waals surface area contributed by atoms with Gasteiger partial charge in [-0.05, 0) is 26.0 Å². The number of carbonyl (C=O) groups excluding carboxylic acids is 3. The summed E-state index contributed by atoms with van der Waals surface area (Å²) in [5.41, 5.74) is 1.44. The lowest BCUT2D eigenvalue weighted by Gasteiger charge is -2.23. The van der Waals surface area contributed by atoms with E-state index in [0.717, 1.165) is 11.6 Å². The zero-order chi connectivity index (χ0) is 26.8. The molecule has 0 aromatic rings. The Hall–Kier alpha value is -3.17. The Morgan fingerprint density at radius 1 is 0.778 bits per heavy atom. The lowest BCUT2D eigenvalue weighted by molar-refractivity contribution is -0.135. The molecule has 0 radical (unpaired) electrons. The van der Waals surface area contributed by atoms with Crippen molar-refractivity contribution < 1.29 is 34.8 Å². The molecule has 0 aromatic carbocycles. The summed E-state index contributed by atoms with van der Waals surface area (Å²) in [5, 5.41) is 40.7. The smallest absolute Gasteiger partial charge is 0.230 e. The van der Waals surface area contributed by atoms with Gasteiger partial charge in [-0.25, -0.2) is 0 Å². The highest BCUT2D eigenvalue weighted by molar-refractivity contribution is 6.04. The van der Waals surface area contributed by atoms with Gasteiger partial charge in [-0.3, -0.25) is 14.4 Å². The van der Waals surface area contributed by atoms with Crippen LogP contribution in [-0.2, 0) is 14.4 Å². The van der Waals surface area contributed by atoms with E-state index in [0.29, 0.717) is 12.1 Å². The Morgan fingerprint density at radius 3 is 2.08 bits per heavy atom. The number of fused-ring (bicyclic) bond motifs is 1. The fourth-order valence-corrected chi connectivity index (χ4v) is 3.76. The number of ketones is 2. The molecule has 2 rings (SSSR count). The molecule has 0 saturated carbocycles. The minimum Gasteiger partial charge on any atom is -0.390 e. The number of aliphatic hydroxyl groups excluding tert-OH is 4. The quantitative estimate of drug-likeness (QED) is 0.373. The molecule has 2 aliphatic rings. The predicted molar refractivity (Wildman–Crippen MR) is 137 cm³/mol. The van der Waals surface area contributed by atoms with Gasteiger partial charge in [0.05, 0.1) is 18.6 Å². The van der Waals surface area contributed by atoms with Gasteiger partial charge in [-0.2, -0.15) is 0 Å². The number of hydrogen-bond donors (Lipinski definition) is 4. The molecular formula is C28H35NO7. The van der Waals surface area contributed by atoms with Gasteiger partial charge in [0.1, 0.15) is 18.3 Å². The summed E-state index contributed by atoms with van der Waals surface area (Å²) in [5.74, 6) is -1.66. The third-order valence-electron chi connectivity index (χ3n) is 5.99. The first-order chi connectivity index (χ1) is 17.0. The molecule has 4 N–H and O–H groups in total. The number of allylic oxidation sites excluding steroid dienone is 11. The van der Waals surface area contributed by atoms with Crippen molar-refractivity contribution in [2.75, 3.05) is 6.54 Å². The highest BCUT2D eigenvalue weighted by Crippen LogP contribution is 2.25. The maximum absolute atomic E-state index is 12.8. The van der Waals surface area contributed by atoms with E-state index >= 15 is 0 Å². The van der Waals surface area contributed by atoms with Gasteiger partial charge in [-0.1, -0.05) is 78.8 Å². The fourth-order valence-electron chi connectivity index (χ4n) is 3.76. The lowest BCUT2D eigenvalue weighted by atomic mass is 10.0. The van der Waals surface area contributed by atoms with Crippen molar-refractivity contribution in [3.8, 4) is 0 Å². The SMILES string of the molecule is CC1=CC=C[C@H]2[C@H](O)[C@@H](C)CN2C(=O)CC(=O)C=CC(C)=CC=C[C@@H](O)[C@H](O)[C@H](O)C(=O)C=CC=C1. The predicted octanol–water partition coefficient (Wildman–Crippen LogP) is 1.49. The van der Waals surface area contributed by atoms with Crippen LogP contribution in [0.2, 0.25) is 0 Å². The second kappa shape index (κ2) is 13.8. The zero-order valence-corrected chi connectivity index (χ0v) is 20.8. The fraction of sp³-hybridized carbons (Fsp3) is 0.393. The average molecular weight is 498 g/mol. The summed E-state index contributed by atoms with van der Waals surface area (Å²) in [6, 6.07) is -0.553. The minimum atomic E-state index is -1.81. The van der Waals surface area contributed by atoms with Crippen molar-refractivity contribution in [1.29, 1.82) is 0 Å². The third-order valence-corrected chi connectivity index (χ3v) is 5.99. The molecule has 8 heteroatoms. The largest absolute Gasteiger partial charge is 0.390 e. The lowest BCUT2D eigenvalue weighted by Crippen LogP contribution is -2.40. The van der Waals surface area contributed by atoms with Crippen LogP contribution >= 0.6 is 0 Å². The van der Waals surface area contributed by atoms with Gasteiger partial charge in [0, 0.05) is 12.5 Å². The van der Waals surface area contributed by atoms with E-state index in [9.17, 15) is 34.8 Å². The van der Waals surface area contributed by atoms with E-state index in [2.05, 4.69) is 0 Å². The first kappa shape index (κ1) is 29.1. The van der Waals surface area contributed by atoms with Crippen molar-refractivity contribution in [2.24, 2.45) is 5.92 Å². The Labute approximate surface area is 211 Å². The molecule has 2 aliphatic heterocycles. The van der Waals surface area contributed by atoms with Crippen molar-refractivity contribution in [2.45, 2.75) is 57.6 Å². The topological polar surface area (TPSA) is 135 Å². The molecule has 0 bridgehead atoms. The molecule has 6 atom stereocenters. The molecule has 0 unspecified atom stereocenters. The first-order valence-electron chi connectivity index (χ1n) is 11.8. The maximum Gasteiger partial charge on any atom is 0.230 e. The van der Waals surface area contributed by atoms with Gasteiger partial charge in [0.25, 0.3) is 0 Å². The van der Waals surface area contributed by atoms with Gasteiger partial charge >= 0.3 is 0 Å². The number of aliphatic hydroxyl groups is 4. The Kier molecular flexibility index (Phi) is 11.1. The number of rotatable bonds is 0. The highest BCUT2D eigenvalue weighted by atomic mass is 16.4. The summed E-state index contributed by atoms with van der Waals surface area (Å²) in [4.78, 5) is 38.8. The Bertz CT molecular complexity index is 1030. The van der Waals surface area contributed by atoms with Gasteiger partial charge < -0.3 is 25.3 Å². The van der Waals surface area contributed by atoms with Crippen LogP contribution in [-0.4, -0.2) is 79.8 Å². The minimum absolute atomic E-state index is 0.137. The van der Waals surface area contributed by atoms with Crippen molar-refractivity contribution in [3.05, 3.63) is 84.1 Å². The summed E-state index contributed by atoms with van der Waals surface area (Å²) >= 11 is 0. The molecule has 1 fully saturated rings. The van der Waals surface area contributed by atoms with Crippen LogP contribution in [0, 0.1) is 5.92 Å². The van der Waals surface area contributed by atoms with Crippen LogP contribution in [0.25, 0.3) is 0 Å². The van der Waals surface area contributed by atoms with E-state index in [1.54, 1.807) is 43.4 Å². The normalized spacial score (nSPS) is 31.4. The molecule has 0 spiro atoms. The molecule has 2 heterocycles. The molecule has 1 amide bonds. The van der Waals surface area contributed by atoms with Crippen LogP contribution < -0.4 is 0 Å². The number of hydrogen-bond acceptors (Lipinski definition) is 7.